The van der Waals surface area contributed by atoms with E-state index in [2.05, 4.69) is 41.5 Å². The Labute approximate surface area is 121 Å². The lowest BCUT2D eigenvalue weighted by molar-refractivity contribution is 0.281. The van der Waals surface area contributed by atoms with Crippen LogP contribution in [0.2, 0.25) is 0 Å². The second kappa shape index (κ2) is 6.36. The first-order valence-electron chi connectivity index (χ1n) is 7.89. The maximum atomic E-state index is 4.20. The topological polar surface area (TPSA) is 24.9 Å². The summed E-state index contributed by atoms with van der Waals surface area (Å²) in [4.78, 5) is 4.20. The maximum absolute atomic E-state index is 4.20. The molecule has 106 valence electrons. The Hall–Kier alpha value is -1.41. The molecule has 20 heavy (non-hydrogen) atoms. The van der Waals surface area contributed by atoms with Gasteiger partial charge in [0.05, 0.1) is 0 Å². The fraction of sp³-hybridized carbons (Fsp3) is 0.500. The third kappa shape index (κ3) is 3.01. The minimum Gasteiger partial charge on any atom is -0.310 e. The van der Waals surface area contributed by atoms with E-state index in [0.717, 1.165) is 12.5 Å². The zero-order chi connectivity index (χ0) is 13.8. The van der Waals surface area contributed by atoms with Crippen LogP contribution in [0.4, 0.5) is 0 Å². The van der Waals surface area contributed by atoms with Gasteiger partial charge < -0.3 is 5.32 Å². The van der Waals surface area contributed by atoms with Crippen molar-refractivity contribution < 1.29 is 0 Å². The van der Waals surface area contributed by atoms with Gasteiger partial charge in [0.25, 0.3) is 0 Å². The van der Waals surface area contributed by atoms with E-state index in [0.29, 0.717) is 6.04 Å². The highest BCUT2D eigenvalue weighted by Crippen LogP contribution is 2.26. The first-order chi connectivity index (χ1) is 9.84. The molecule has 0 radical (unpaired) electrons. The summed E-state index contributed by atoms with van der Waals surface area (Å²) in [5, 5.41) is 6.30. The van der Waals surface area contributed by atoms with Gasteiger partial charge in [0.2, 0.25) is 0 Å². The Balaban J connectivity index is 1.67. The Morgan fingerprint density at radius 1 is 1.20 bits per heavy atom. The molecule has 2 heteroatoms. The first-order valence-corrected chi connectivity index (χ1v) is 7.89. The number of aromatic nitrogens is 1. The molecule has 0 saturated heterocycles. The standard InChI is InChI=1S/C18H24N2/c1-14(15-6-3-2-4-7-15)20-13-17-9-5-8-16-12-19-11-10-18(16)17/h5,8-12,14-15,20H,2-4,6-7,13H2,1H3. The van der Waals surface area contributed by atoms with Gasteiger partial charge in [0, 0.05) is 30.4 Å². The monoisotopic (exact) mass is 268 g/mol. The molecule has 2 nitrogen and oxygen atoms in total. The van der Waals surface area contributed by atoms with Gasteiger partial charge in [-0.1, -0.05) is 37.5 Å². The molecular weight excluding hydrogens is 244 g/mol. The first kappa shape index (κ1) is 13.6. The fourth-order valence-electron chi connectivity index (χ4n) is 3.42. The number of hydrogen-bond acceptors (Lipinski definition) is 2. The zero-order valence-electron chi connectivity index (χ0n) is 12.3. The second-order valence-corrected chi connectivity index (χ2v) is 6.08. The van der Waals surface area contributed by atoms with Crippen LogP contribution in [-0.4, -0.2) is 11.0 Å². The number of rotatable bonds is 4. The van der Waals surface area contributed by atoms with Crippen LogP contribution in [-0.2, 0) is 6.54 Å². The number of benzene rings is 1. The average Bonchev–Trinajstić information content (AvgIpc) is 2.53. The second-order valence-electron chi connectivity index (χ2n) is 6.08. The van der Waals surface area contributed by atoms with Gasteiger partial charge in [-0.15, -0.1) is 0 Å². The third-order valence-corrected chi connectivity index (χ3v) is 4.74. The van der Waals surface area contributed by atoms with Gasteiger partial charge in [-0.25, -0.2) is 0 Å². The highest BCUT2D eigenvalue weighted by molar-refractivity contribution is 5.84. The van der Waals surface area contributed by atoms with Crippen molar-refractivity contribution in [3.8, 4) is 0 Å². The lowest BCUT2D eigenvalue weighted by atomic mass is 9.84. The van der Waals surface area contributed by atoms with Crippen LogP contribution in [0.5, 0.6) is 0 Å². The number of nitrogens with zero attached hydrogens (tertiary/aromatic N) is 1. The van der Waals surface area contributed by atoms with Crippen molar-refractivity contribution in [2.24, 2.45) is 5.92 Å². The zero-order valence-corrected chi connectivity index (χ0v) is 12.3. The molecule has 0 amide bonds. The fourth-order valence-corrected chi connectivity index (χ4v) is 3.42. The van der Waals surface area contributed by atoms with Crippen LogP contribution < -0.4 is 5.32 Å². The van der Waals surface area contributed by atoms with Gasteiger partial charge >= 0.3 is 0 Å². The van der Waals surface area contributed by atoms with Gasteiger partial charge in [-0.3, -0.25) is 4.98 Å². The van der Waals surface area contributed by atoms with Crippen molar-refractivity contribution >= 4 is 10.8 Å². The largest absolute Gasteiger partial charge is 0.310 e. The molecule has 0 spiro atoms. The molecule has 1 heterocycles. The van der Waals surface area contributed by atoms with E-state index in [1.807, 2.05) is 12.4 Å². The predicted molar refractivity (Wildman–Crippen MR) is 84.6 cm³/mol. The Morgan fingerprint density at radius 2 is 2.05 bits per heavy atom. The quantitative estimate of drug-likeness (QED) is 0.894. The van der Waals surface area contributed by atoms with Gasteiger partial charge in [-0.2, -0.15) is 0 Å². The van der Waals surface area contributed by atoms with Crippen molar-refractivity contribution in [2.45, 2.75) is 51.6 Å². The molecule has 0 bridgehead atoms. The van der Waals surface area contributed by atoms with E-state index in [1.54, 1.807) is 0 Å². The molecule has 0 aliphatic heterocycles. The minimum atomic E-state index is 0.618. The predicted octanol–water partition coefficient (Wildman–Crippen LogP) is 4.29. The molecule has 1 unspecified atom stereocenters. The van der Waals surface area contributed by atoms with Gasteiger partial charge in [0.1, 0.15) is 0 Å². The molecule has 1 aliphatic carbocycles. The Morgan fingerprint density at radius 3 is 2.90 bits per heavy atom. The summed E-state index contributed by atoms with van der Waals surface area (Å²) in [5.74, 6) is 0.861. The number of nitrogens with one attached hydrogen (secondary N) is 1. The van der Waals surface area contributed by atoms with Crippen LogP contribution in [0.1, 0.15) is 44.6 Å². The molecular formula is C18H24N2. The normalized spacial score (nSPS) is 18.2. The minimum absolute atomic E-state index is 0.618. The summed E-state index contributed by atoms with van der Waals surface area (Å²) < 4.78 is 0. The van der Waals surface area contributed by atoms with Gasteiger partial charge in [0.15, 0.2) is 0 Å². The van der Waals surface area contributed by atoms with E-state index >= 15 is 0 Å². The number of fused-ring (bicyclic) bond motifs is 1. The van der Waals surface area contributed by atoms with Crippen molar-refractivity contribution in [1.29, 1.82) is 0 Å². The van der Waals surface area contributed by atoms with E-state index < -0.39 is 0 Å². The number of pyridine rings is 1. The Bertz CT molecular complexity index is 553. The highest BCUT2D eigenvalue weighted by Gasteiger charge is 2.19. The molecule has 1 aromatic carbocycles. The summed E-state index contributed by atoms with van der Waals surface area (Å²) >= 11 is 0. The summed E-state index contributed by atoms with van der Waals surface area (Å²) in [5.41, 5.74) is 1.38. The van der Waals surface area contributed by atoms with E-state index in [1.165, 1.54) is 48.4 Å². The van der Waals surface area contributed by atoms with E-state index in [4.69, 9.17) is 0 Å². The number of hydrogen-bond donors (Lipinski definition) is 1. The molecule has 1 aromatic heterocycles. The van der Waals surface area contributed by atoms with Crippen LogP contribution in [0.25, 0.3) is 10.8 Å². The summed E-state index contributed by atoms with van der Waals surface area (Å²) in [6.45, 7) is 3.31. The average molecular weight is 268 g/mol. The molecule has 2 aromatic rings. The van der Waals surface area contributed by atoms with Crippen molar-refractivity contribution in [3.63, 3.8) is 0 Å². The van der Waals surface area contributed by atoms with Crippen LogP contribution in [0, 0.1) is 5.92 Å². The van der Waals surface area contributed by atoms with Crippen molar-refractivity contribution in [3.05, 3.63) is 42.2 Å². The molecule has 1 N–H and O–H groups in total. The molecule has 1 saturated carbocycles. The molecule has 3 rings (SSSR count). The van der Waals surface area contributed by atoms with Crippen molar-refractivity contribution in [2.75, 3.05) is 0 Å². The lowest BCUT2D eigenvalue weighted by Crippen LogP contribution is -2.34. The van der Waals surface area contributed by atoms with Crippen LogP contribution in [0.3, 0.4) is 0 Å². The lowest BCUT2D eigenvalue weighted by Gasteiger charge is -2.28. The van der Waals surface area contributed by atoms with Crippen molar-refractivity contribution in [1.82, 2.24) is 10.3 Å². The summed E-state index contributed by atoms with van der Waals surface area (Å²) in [7, 11) is 0. The molecule has 1 aliphatic rings. The Kier molecular flexibility index (Phi) is 4.31. The van der Waals surface area contributed by atoms with Crippen LogP contribution in [0.15, 0.2) is 36.7 Å². The van der Waals surface area contributed by atoms with E-state index in [-0.39, 0.29) is 0 Å². The maximum Gasteiger partial charge on any atom is 0.0346 e. The molecule has 1 fully saturated rings. The smallest absolute Gasteiger partial charge is 0.0346 e. The third-order valence-electron chi connectivity index (χ3n) is 4.74. The highest BCUT2D eigenvalue weighted by atomic mass is 14.9. The molecule has 1 atom stereocenters. The summed E-state index contributed by atoms with van der Waals surface area (Å²) in [6, 6.07) is 9.23. The van der Waals surface area contributed by atoms with Crippen LogP contribution >= 0.6 is 0 Å². The SMILES string of the molecule is CC(NCc1cccc2cnccc12)C1CCCCC1. The van der Waals surface area contributed by atoms with E-state index in [9.17, 15) is 0 Å². The summed E-state index contributed by atoms with van der Waals surface area (Å²) in [6.07, 6.45) is 10.9. The van der Waals surface area contributed by atoms with Gasteiger partial charge in [-0.05, 0) is 42.7 Å².